The molecule has 0 aliphatic heterocycles. The largest absolute Gasteiger partial charge is 0.459 e. The van der Waals surface area contributed by atoms with Crippen LogP contribution in [-0.4, -0.2) is 22.8 Å². The maximum atomic E-state index is 12.8. The maximum Gasteiger partial charge on any atom is 0.228 e. The van der Waals surface area contributed by atoms with Gasteiger partial charge in [0.2, 0.25) is 5.91 Å². The van der Waals surface area contributed by atoms with Crippen molar-refractivity contribution in [3.8, 4) is 10.6 Å². The van der Waals surface area contributed by atoms with Gasteiger partial charge in [-0.3, -0.25) is 4.79 Å². The van der Waals surface area contributed by atoms with Gasteiger partial charge >= 0.3 is 0 Å². The summed E-state index contributed by atoms with van der Waals surface area (Å²) in [5, 5.41) is 4.43. The van der Waals surface area contributed by atoms with Crippen molar-refractivity contribution >= 4 is 39.8 Å². The number of carbonyl (C=O) groups excluding carboxylic acids is 1. The zero-order valence-corrected chi connectivity index (χ0v) is 17.1. The number of thiazole rings is 1. The molecule has 2 aromatic carbocycles. The first kappa shape index (κ1) is 18.7. The summed E-state index contributed by atoms with van der Waals surface area (Å²) >= 11 is 7.74. The number of amides is 1. The highest BCUT2D eigenvalue weighted by Gasteiger charge is 2.22. The quantitative estimate of drug-likeness (QED) is 0.407. The van der Waals surface area contributed by atoms with Crippen LogP contribution in [-0.2, 0) is 11.2 Å². The number of likely N-dealkylation sites (N-methyl/N-ethyl adjacent to an activating group) is 1. The lowest BCUT2D eigenvalue weighted by atomic mass is 10.2. The first-order chi connectivity index (χ1) is 13.5. The first-order valence-corrected chi connectivity index (χ1v) is 10.2. The van der Waals surface area contributed by atoms with Crippen molar-refractivity contribution in [2.24, 2.45) is 0 Å². The van der Waals surface area contributed by atoms with Crippen LogP contribution in [0.5, 0.6) is 0 Å². The first-order valence-electron chi connectivity index (χ1n) is 8.96. The highest BCUT2D eigenvalue weighted by molar-refractivity contribution is 7.13. The van der Waals surface area contributed by atoms with E-state index in [1.807, 2.05) is 66.9 Å². The molecule has 6 heteroatoms. The zero-order chi connectivity index (χ0) is 19.7. The molecule has 0 saturated carbocycles. The van der Waals surface area contributed by atoms with E-state index in [2.05, 4.69) is 4.98 Å². The predicted octanol–water partition coefficient (Wildman–Crippen LogP) is 5.97. The van der Waals surface area contributed by atoms with Gasteiger partial charge in [0.05, 0.1) is 23.2 Å². The third-order valence-electron chi connectivity index (χ3n) is 4.82. The van der Waals surface area contributed by atoms with Crippen LogP contribution in [0.15, 0.2) is 64.4 Å². The standard InChI is InChI=1S/C22H19ClN2O2S/c1-14(20-11-15-7-3-6-10-19(15)27-20)25(2)21(26)12-16-13-28-22(24-16)17-8-4-5-9-18(17)23/h3-11,13-14H,12H2,1-2H3/t14-/m0/s1. The molecule has 2 heterocycles. The van der Waals surface area contributed by atoms with Crippen molar-refractivity contribution in [1.82, 2.24) is 9.88 Å². The molecule has 4 nitrogen and oxygen atoms in total. The van der Waals surface area contributed by atoms with Crippen LogP contribution in [0, 0.1) is 0 Å². The van der Waals surface area contributed by atoms with Crippen LogP contribution >= 0.6 is 22.9 Å². The molecule has 0 aliphatic carbocycles. The van der Waals surface area contributed by atoms with Gasteiger partial charge < -0.3 is 9.32 Å². The second-order valence-corrected chi connectivity index (χ2v) is 7.93. The molecule has 0 fully saturated rings. The van der Waals surface area contributed by atoms with Gasteiger partial charge in [0.1, 0.15) is 16.4 Å². The summed E-state index contributed by atoms with van der Waals surface area (Å²) in [5.41, 5.74) is 2.46. The van der Waals surface area contributed by atoms with Crippen molar-refractivity contribution in [3.63, 3.8) is 0 Å². The normalized spacial score (nSPS) is 12.2. The fraction of sp³-hybridized carbons (Fsp3) is 0.182. The second-order valence-electron chi connectivity index (χ2n) is 6.67. The molecule has 0 bridgehead atoms. The molecule has 142 valence electrons. The highest BCUT2D eigenvalue weighted by Crippen LogP contribution is 2.31. The van der Waals surface area contributed by atoms with Crippen LogP contribution in [0.25, 0.3) is 21.5 Å². The SMILES string of the molecule is C[C@@H](c1cc2ccccc2o1)N(C)C(=O)Cc1csc(-c2ccccc2Cl)n1. The molecular weight excluding hydrogens is 392 g/mol. The number of aromatic nitrogens is 1. The number of furan rings is 1. The van der Waals surface area contributed by atoms with Gasteiger partial charge in [0.15, 0.2) is 0 Å². The number of fused-ring (bicyclic) bond motifs is 1. The molecule has 0 unspecified atom stereocenters. The molecule has 1 amide bonds. The number of benzene rings is 2. The van der Waals surface area contributed by atoms with E-state index in [4.69, 9.17) is 16.0 Å². The molecule has 0 spiro atoms. The zero-order valence-electron chi connectivity index (χ0n) is 15.6. The molecule has 1 atom stereocenters. The van der Waals surface area contributed by atoms with Gasteiger partial charge in [-0.15, -0.1) is 11.3 Å². The van der Waals surface area contributed by atoms with E-state index in [9.17, 15) is 4.79 Å². The number of hydrogen-bond donors (Lipinski definition) is 0. The number of nitrogens with zero attached hydrogens (tertiary/aromatic N) is 2. The van der Waals surface area contributed by atoms with Crippen molar-refractivity contribution in [2.45, 2.75) is 19.4 Å². The van der Waals surface area contributed by atoms with E-state index < -0.39 is 0 Å². The van der Waals surface area contributed by atoms with Gasteiger partial charge in [-0.05, 0) is 25.1 Å². The Morgan fingerprint density at radius 1 is 1.21 bits per heavy atom. The van der Waals surface area contributed by atoms with Crippen LogP contribution in [0.3, 0.4) is 0 Å². The fourth-order valence-corrected chi connectivity index (χ4v) is 4.18. The lowest BCUT2D eigenvalue weighted by molar-refractivity contribution is -0.131. The summed E-state index contributed by atoms with van der Waals surface area (Å²) in [6.07, 6.45) is 0.238. The Bertz CT molecular complexity index is 1100. The van der Waals surface area contributed by atoms with Gasteiger partial charge in [-0.1, -0.05) is 48.0 Å². The number of carbonyl (C=O) groups is 1. The molecule has 0 radical (unpaired) electrons. The molecule has 0 N–H and O–H groups in total. The Morgan fingerprint density at radius 3 is 2.75 bits per heavy atom. The van der Waals surface area contributed by atoms with Crippen LogP contribution in [0.4, 0.5) is 0 Å². The van der Waals surface area contributed by atoms with E-state index >= 15 is 0 Å². The molecule has 2 aromatic heterocycles. The minimum Gasteiger partial charge on any atom is -0.459 e. The Hall–Kier alpha value is -2.63. The monoisotopic (exact) mass is 410 g/mol. The third-order valence-corrected chi connectivity index (χ3v) is 6.07. The van der Waals surface area contributed by atoms with Gasteiger partial charge in [-0.25, -0.2) is 4.98 Å². The molecule has 0 saturated heterocycles. The van der Waals surface area contributed by atoms with E-state index in [1.165, 1.54) is 11.3 Å². The highest BCUT2D eigenvalue weighted by atomic mass is 35.5. The minimum atomic E-state index is -0.165. The van der Waals surface area contributed by atoms with E-state index in [0.717, 1.165) is 33.0 Å². The topological polar surface area (TPSA) is 46.3 Å². The van der Waals surface area contributed by atoms with Crippen molar-refractivity contribution in [2.75, 3.05) is 7.05 Å². The van der Waals surface area contributed by atoms with Crippen molar-refractivity contribution in [3.05, 3.63) is 76.5 Å². The summed E-state index contributed by atoms with van der Waals surface area (Å²) < 4.78 is 5.90. The van der Waals surface area contributed by atoms with E-state index in [0.29, 0.717) is 5.02 Å². The van der Waals surface area contributed by atoms with Crippen LogP contribution in [0.2, 0.25) is 5.02 Å². The number of hydrogen-bond acceptors (Lipinski definition) is 4. The lowest BCUT2D eigenvalue weighted by Crippen LogP contribution is -2.30. The Kier molecular flexibility index (Phi) is 5.20. The Labute approximate surface area is 172 Å². The van der Waals surface area contributed by atoms with Crippen molar-refractivity contribution < 1.29 is 9.21 Å². The fourth-order valence-electron chi connectivity index (χ4n) is 3.04. The minimum absolute atomic E-state index is 0.0102. The summed E-state index contributed by atoms with van der Waals surface area (Å²) in [6, 6.07) is 17.3. The summed E-state index contributed by atoms with van der Waals surface area (Å²) in [4.78, 5) is 19.1. The Balaban J connectivity index is 1.48. The van der Waals surface area contributed by atoms with Gasteiger partial charge in [-0.2, -0.15) is 0 Å². The smallest absolute Gasteiger partial charge is 0.228 e. The molecule has 0 aliphatic rings. The number of halogens is 1. The number of rotatable bonds is 5. The average Bonchev–Trinajstić information content (AvgIpc) is 3.34. The third kappa shape index (κ3) is 3.68. The maximum absolute atomic E-state index is 12.8. The molecule has 4 rings (SSSR count). The van der Waals surface area contributed by atoms with Crippen molar-refractivity contribution in [1.29, 1.82) is 0 Å². The lowest BCUT2D eigenvalue weighted by Gasteiger charge is -2.23. The summed E-state index contributed by atoms with van der Waals surface area (Å²) in [6.45, 7) is 1.96. The van der Waals surface area contributed by atoms with Crippen LogP contribution in [0.1, 0.15) is 24.4 Å². The van der Waals surface area contributed by atoms with Gasteiger partial charge in [0, 0.05) is 23.4 Å². The molecule has 28 heavy (non-hydrogen) atoms. The molecular formula is C22H19ClN2O2S. The van der Waals surface area contributed by atoms with Crippen LogP contribution < -0.4 is 0 Å². The molecule has 4 aromatic rings. The Morgan fingerprint density at radius 2 is 1.96 bits per heavy atom. The average molecular weight is 411 g/mol. The number of para-hydroxylation sites is 1. The van der Waals surface area contributed by atoms with Gasteiger partial charge in [0.25, 0.3) is 0 Å². The predicted molar refractivity (Wildman–Crippen MR) is 114 cm³/mol. The summed E-state index contributed by atoms with van der Waals surface area (Å²) in [5.74, 6) is 0.760. The van der Waals surface area contributed by atoms with E-state index in [-0.39, 0.29) is 18.4 Å². The van der Waals surface area contributed by atoms with E-state index in [1.54, 1.807) is 11.9 Å². The second kappa shape index (κ2) is 7.78. The summed E-state index contributed by atoms with van der Waals surface area (Å²) in [7, 11) is 1.79.